The molecule has 0 aliphatic heterocycles. The summed E-state index contributed by atoms with van der Waals surface area (Å²) in [4.78, 5) is 40.9. The van der Waals surface area contributed by atoms with Gasteiger partial charge >= 0.3 is 0 Å². The number of aromatic nitrogens is 8. The zero-order chi connectivity index (χ0) is 40.1. The molecule has 6 heterocycles. The maximum absolute atomic E-state index is 5.15. The van der Waals surface area contributed by atoms with Crippen LogP contribution in [0.5, 0.6) is 0 Å². The molecular weight excluding hydrogens is 737 g/mol. The van der Waals surface area contributed by atoms with Gasteiger partial charge in [-0.1, -0.05) is 146 Å². The first-order valence-electron chi connectivity index (χ1n) is 19.6. The monoisotopic (exact) mass is 770 g/mol. The van der Waals surface area contributed by atoms with Crippen LogP contribution >= 0.6 is 0 Å². The summed E-state index contributed by atoms with van der Waals surface area (Å²) in [7, 11) is 0. The molecule has 0 bridgehead atoms. The summed E-state index contributed by atoms with van der Waals surface area (Å²) in [6.45, 7) is 0. The van der Waals surface area contributed by atoms with Crippen molar-refractivity contribution in [2.75, 3.05) is 0 Å². The van der Waals surface area contributed by atoms with Gasteiger partial charge in [0.1, 0.15) is 0 Å². The van der Waals surface area contributed by atoms with Gasteiger partial charge in [-0.3, -0.25) is 0 Å². The Kier molecular flexibility index (Phi) is 9.75. The van der Waals surface area contributed by atoms with Gasteiger partial charge in [0.2, 0.25) is 0 Å². The quantitative estimate of drug-likeness (QED) is 0.143. The minimum atomic E-state index is 0.308. The van der Waals surface area contributed by atoms with E-state index in [1.54, 1.807) is 0 Å². The number of nitrogens with zero attached hydrogens (tertiary/aromatic N) is 8. The number of pyridine rings is 4. The number of rotatable bonds is 9. The van der Waals surface area contributed by atoms with Crippen LogP contribution < -0.4 is 0 Å². The van der Waals surface area contributed by atoms with E-state index in [4.69, 9.17) is 39.9 Å². The topological polar surface area (TPSA) is 103 Å². The summed E-state index contributed by atoms with van der Waals surface area (Å²) in [5.74, 6) is 0.616. The second-order valence-electron chi connectivity index (χ2n) is 14.0. The molecule has 10 rings (SSSR count). The highest BCUT2D eigenvalue weighted by atomic mass is 15.0. The van der Waals surface area contributed by atoms with E-state index < -0.39 is 0 Å². The van der Waals surface area contributed by atoms with Crippen LogP contribution in [-0.2, 0) is 0 Å². The lowest BCUT2D eigenvalue weighted by Crippen LogP contribution is -2.04. The van der Waals surface area contributed by atoms with Crippen molar-refractivity contribution in [3.63, 3.8) is 0 Å². The molecule has 0 amide bonds. The molecule has 8 nitrogen and oxygen atoms in total. The maximum atomic E-state index is 5.15. The Morgan fingerprint density at radius 1 is 0.167 bits per heavy atom. The van der Waals surface area contributed by atoms with E-state index in [1.807, 2.05) is 206 Å². The van der Waals surface area contributed by atoms with E-state index in [0.29, 0.717) is 57.2 Å². The molecule has 0 aliphatic rings. The largest absolute Gasteiger partial charge is 0.246 e. The molecule has 0 saturated carbocycles. The highest BCUT2D eigenvalue weighted by Crippen LogP contribution is 2.32. The molecule has 6 aromatic heterocycles. The average Bonchev–Trinajstić information content (AvgIpc) is 3.35. The summed E-state index contributed by atoms with van der Waals surface area (Å²) in [6.07, 6.45) is 0. The summed E-state index contributed by atoms with van der Waals surface area (Å²) >= 11 is 0. The summed E-state index contributed by atoms with van der Waals surface area (Å²) in [5, 5.41) is 0. The molecule has 10 aromatic rings. The lowest BCUT2D eigenvalue weighted by atomic mass is 10.1. The lowest BCUT2D eigenvalue weighted by Gasteiger charge is -2.12. The molecule has 0 aliphatic carbocycles. The Morgan fingerprint density at radius 2 is 0.383 bits per heavy atom. The van der Waals surface area contributed by atoms with Gasteiger partial charge < -0.3 is 0 Å². The highest BCUT2D eigenvalue weighted by Gasteiger charge is 2.19. The van der Waals surface area contributed by atoms with E-state index in [1.165, 1.54) is 0 Å². The fourth-order valence-electron chi connectivity index (χ4n) is 7.01. The van der Waals surface area contributed by atoms with Crippen molar-refractivity contribution < 1.29 is 0 Å². The first-order chi connectivity index (χ1) is 29.7. The fourth-order valence-corrected chi connectivity index (χ4v) is 7.01. The molecule has 0 N–H and O–H groups in total. The van der Waals surface area contributed by atoms with Crippen molar-refractivity contribution in [2.45, 2.75) is 0 Å². The van der Waals surface area contributed by atoms with Crippen LogP contribution in [0.4, 0.5) is 0 Å². The molecule has 8 heteroatoms. The smallest absolute Gasteiger partial charge is 0.199 e. The van der Waals surface area contributed by atoms with Crippen molar-refractivity contribution in [2.24, 2.45) is 0 Å². The maximum Gasteiger partial charge on any atom is 0.199 e. The predicted octanol–water partition coefficient (Wildman–Crippen LogP) is 11.8. The number of hydrogen-bond donors (Lipinski definition) is 0. The first-order valence-corrected chi connectivity index (χ1v) is 19.6. The van der Waals surface area contributed by atoms with Gasteiger partial charge in [0.25, 0.3) is 0 Å². The van der Waals surface area contributed by atoms with Crippen LogP contribution in [0.15, 0.2) is 206 Å². The molecule has 60 heavy (non-hydrogen) atoms. The Hall–Kier alpha value is -8.36. The lowest BCUT2D eigenvalue weighted by molar-refractivity contribution is 1.07. The molecule has 0 spiro atoms. The van der Waals surface area contributed by atoms with Crippen LogP contribution in [0, 0.1) is 0 Å². The van der Waals surface area contributed by atoms with E-state index in [9.17, 15) is 0 Å². The van der Waals surface area contributed by atoms with Crippen LogP contribution in [0.2, 0.25) is 0 Å². The van der Waals surface area contributed by atoms with Crippen molar-refractivity contribution in [1.29, 1.82) is 0 Å². The van der Waals surface area contributed by atoms with E-state index >= 15 is 0 Å². The van der Waals surface area contributed by atoms with Crippen molar-refractivity contribution in [3.8, 4) is 102 Å². The molecule has 282 valence electrons. The van der Waals surface area contributed by atoms with Gasteiger partial charge in [-0.05, 0) is 60.7 Å². The minimum Gasteiger partial charge on any atom is -0.246 e. The average molecular weight is 771 g/mol. The number of hydrogen-bond acceptors (Lipinski definition) is 8. The van der Waals surface area contributed by atoms with Gasteiger partial charge in [0, 0.05) is 22.3 Å². The molecule has 0 saturated heterocycles. The fraction of sp³-hybridized carbons (Fsp3) is 0. The molecule has 0 fully saturated rings. The van der Waals surface area contributed by atoms with Crippen LogP contribution in [0.25, 0.3) is 102 Å². The van der Waals surface area contributed by atoms with Gasteiger partial charge in [-0.2, -0.15) is 0 Å². The van der Waals surface area contributed by atoms with Crippen LogP contribution in [-0.4, -0.2) is 39.9 Å². The number of benzene rings is 4. The van der Waals surface area contributed by atoms with Crippen molar-refractivity contribution in [3.05, 3.63) is 206 Å². The molecule has 0 atom stereocenters. The summed E-state index contributed by atoms with van der Waals surface area (Å²) in [5.41, 5.74) is 12.4. The zero-order valence-electron chi connectivity index (χ0n) is 32.2. The highest BCUT2D eigenvalue weighted by molar-refractivity contribution is 5.74. The normalized spacial score (nSPS) is 11.0. The van der Waals surface area contributed by atoms with Crippen molar-refractivity contribution in [1.82, 2.24) is 39.9 Å². The molecule has 0 radical (unpaired) electrons. The summed E-state index contributed by atoms with van der Waals surface area (Å²) in [6, 6.07) is 68.0. The zero-order valence-corrected chi connectivity index (χ0v) is 32.2. The summed E-state index contributed by atoms with van der Waals surface area (Å²) < 4.78 is 0. The van der Waals surface area contributed by atoms with E-state index in [0.717, 1.165) is 45.0 Å². The second-order valence-corrected chi connectivity index (χ2v) is 14.0. The minimum absolute atomic E-state index is 0.308. The Morgan fingerprint density at radius 3 is 0.617 bits per heavy atom. The predicted molar refractivity (Wildman–Crippen MR) is 238 cm³/mol. The first kappa shape index (κ1) is 36.0. The second kappa shape index (κ2) is 16.2. The van der Waals surface area contributed by atoms with Crippen LogP contribution in [0.3, 0.4) is 0 Å². The third-order valence-electron chi connectivity index (χ3n) is 9.98. The SMILES string of the molecule is c1ccc(-c2cccc(-c3cc(-c4cccc(-c5ccccc5)n4)nc(-c4nc(-c5cccc(-c6ccccc6)n5)cc(-c5cccc(-c6ccccc6)n5)n4)n3)n2)cc1. The molecule has 0 unspecified atom stereocenters. The van der Waals surface area contributed by atoms with Gasteiger partial charge in [-0.25, -0.2) is 39.9 Å². The van der Waals surface area contributed by atoms with E-state index in [2.05, 4.69) is 0 Å². The van der Waals surface area contributed by atoms with Gasteiger partial charge in [0.05, 0.1) is 68.3 Å². The van der Waals surface area contributed by atoms with Crippen LogP contribution in [0.1, 0.15) is 0 Å². The van der Waals surface area contributed by atoms with Crippen molar-refractivity contribution >= 4 is 0 Å². The Balaban J connectivity index is 1.17. The van der Waals surface area contributed by atoms with E-state index in [-0.39, 0.29) is 0 Å². The Bertz CT molecular complexity index is 2670. The molecule has 4 aromatic carbocycles. The molecular formula is C52H34N8. The Labute approximate surface area is 347 Å². The third kappa shape index (κ3) is 7.68. The van der Waals surface area contributed by atoms with Gasteiger partial charge in [-0.15, -0.1) is 0 Å². The third-order valence-corrected chi connectivity index (χ3v) is 9.98. The standard InChI is InChI=1S/C52H34N8/c1-5-17-35(18-6-1)39-25-13-29-43(53-39)47-33-48(44-30-14-26-40(54-44)36-19-7-2-8-20-36)58-51(57-47)52-59-49(45-31-15-27-41(55-45)37-21-9-3-10-22-37)34-50(60-52)46-32-16-28-42(56-46)38-23-11-4-12-24-38/h1-34H. The van der Waals surface area contributed by atoms with Gasteiger partial charge in [0.15, 0.2) is 11.6 Å².